The van der Waals surface area contributed by atoms with Gasteiger partial charge in [0.05, 0.1) is 11.3 Å². The Morgan fingerprint density at radius 2 is 1.82 bits per heavy atom. The summed E-state index contributed by atoms with van der Waals surface area (Å²) in [5.41, 5.74) is 0.167. The molecule has 0 aromatic heterocycles. The highest BCUT2D eigenvalue weighted by molar-refractivity contribution is 6.42. The Kier molecular flexibility index (Phi) is 6.75. The van der Waals surface area contributed by atoms with Gasteiger partial charge in [0.2, 0.25) is 0 Å². The Morgan fingerprint density at radius 3 is 2.46 bits per heavy atom. The smallest absolute Gasteiger partial charge is 0.416 e. The van der Waals surface area contributed by atoms with Crippen LogP contribution in [0.3, 0.4) is 0 Å². The van der Waals surface area contributed by atoms with Crippen LogP contribution in [-0.2, 0) is 27.3 Å². The van der Waals surface area contributed by atoms with E-state index in [0.717, 1.165) is 12.1 Å². The van der Waals surface area contributed by atoms with Gasteiger partial charge in [0, 0.05) is 11.1 Å². The fraction of sp³-hybridized carbons (Fsp3) is 0.211. The van der Waals surface area contributed by atoms with Crippen LogP contribution in [-0.4, -0.2) is 29.6 Å². The lowest BCUT2D eigenvalue weighted by molar-refractivity contribution is -0.137. The van der Waals surface area contributed by atoms with Crippen molar-refractivity contribution in [3.8, 4) is 0 Å². The van der Waals surface area contributed by atoms with E-state index >= 15 is 0 Å². The third-order valence-electron chi connectivity index (χ3n) is 3.69. The summed E-state index contributed by atoms with van der Waals surface area (Å²) in [5.74, 6) is -1.28. The van der Waals surface area contributed by atoms with Crippen LogP contribution in [0.4, 0.5) is 13.2 Å². The number of carboxylic acids is 1. The molecular formula is C19H17F3N2O4. The number of rotatable bonds is 7. The van der Waals surface area contributed by atoms with Crippen molar-refractivity contribution >= 4 is 17.4 Å². The molecule has 0 heterocycles. The van der Waals surface area contributed by atoms with Crippen molar-refractivity contribution in [1.29, 1.82) is 0 Å². The second-order valence-electron chi connectivity index (χ2n) is 5.61. The van der Waals surface area contributed by atoms with Gasteiger partial charge in [-0.25, -0.2) is 4.79 Å². The van der Waals surface area contributed by atoms with Crippen molar-refractivity contribution in [1.82, 2.24) is 0 Å². The summed E-state index contributed by atoms with van der Waals surface area (Å²) in [4.78, 5) is 21.1. The summed E-state index contributed by atoms with van der Waals surface area (Å²) in [7, 11) is 1.23. The maximum atomic E-state index is 12.8. The molecule has 0 fully saturated rings. The molecule has 0 unspecified atom stereocenters. The summed E-state index contributed by atoms with van der Waals surface area (Å²) < 4.78 is 38.4. The number of carbonyl (C=O) groups is 1. The largest absolute Gasteiger partial charge is 0.476 e. The van der Waals surface area contributed by atoms with Crippen LogP contribution in [0.25, 0.3) is 0 Å². The number of nitrogens with zero attached hydrogens (tertiary/aromatic N) is 2. The molecule has 0 amide bonds. The van der Waals surface area contributed by atoms with Crippen LogP contribution in [0.5, 0.6) is 0 Å². The number of alkyl halides is 3. The molecule has 0 aliphatic heterocycles. The van der Waals surface area contributed by atoms with Crippen LogP contribution in [0.2, 0.25) is 0 Å². The zero-order valence-electron chi connectivity index (χ0n) is 15.0. The summed E-state index contributed by atoms with van der Waals surface area (Å²) >= 11 is 0. The van der Waals surface area contributed by atoms with Crippen molar-refractivity contribution in [2.75, 3.05) is 7.11 Å². The molecule has 28 heavy (non-hydrogen) atoms. The summed E-state index contributed by atoms with van der Waals surface area (Å²) in [6.45, 7) is 1.40. The topological polar surface area (TPSA) is 80.5 Å². The van der Waals surface area contributed by atoms with Crippen molar-refractivity contribution in [2.24, 2.45) is 10.3 Å². The number of hydrogen-bond donors (Lipinski definition) is 1. The van der Waals surface area contributed by atoms with E-state index in [2.05, 4.69) is 15.1 Å². The normalized spacial score (nSPS) is 12.6. The Morgan fingerprint density at radius 1 is 1.11 bits per heavy atom. The Bertz CT molecular complexity index is 908. The average Bonchev–Trinajstić information content (AvgIpc) is 2.66. The molecule has 0 aliphatic carbocycles. The minimum atomic E-state index is -4.45. The van der Waals surface area contributed by atoms with Gasteiger partial charge in [-0.3, -0.25) is 0 Å². The highest BCUT2D eigenvalue weighted by Crippen LogP contribution is 2.29. The highest BCUT2D eigenvalue weighted by Gasteiger charge is 2.30. The summed E-state index contributed by atoms with van der Waals surface area (Å²) in [6, 6.07) is 11.2. The van der Waals surface area contributed by atoms with Crippen LogP contribution in [0.1, 0.15) is 29.2 Å². The number of aliphatic carboxylic acids is 1. The molecule has 2 aromatic carbocycles. The van der Waals surface area contributed by atoms with Gasteiger partial charge < -0.3 is 14.8 Å². The highest BCUT2D eigenvalue weighted by atomic mass is 19.4. The first-order valence-electron chi connectivity index (χ1n) is 8.01. The monoisotopic (exact) mass is 394 g/mol. The number of benzene rings is 2. The van der Waals surface area contributed by atoms with Gasteiger partial charge in [-0.15, -0.1) is 0 Å². The number of halogens is 3. The quantitative estimate of drug-likeness (QED) is 0.567. The lowest BCUT2D eigenvalue weighted by atomic mass is 10.0. The van der Waals surface area contributed by atoms with E-state index in [0.29, 0.717) is 5.56 Å². The van der Waals surface area contributed by atoms with E-state index in [1.165, 1.54) is 32.2 Å². The molecule has 6 nitrogen and oxygen atoms in total. The van der Waals surface area contributed by atoms with Gasteiger partial charge in [0.15, 0.2) is 5.71 Å². The molecule has 0 bridgehead atoms. The first-order chi connectivity index (χ1) is 13.2. The molecule has 9 heteroatoms. The minimum absolute atomic E-state index is 0.109. The van der Waals surface area contributed by atoms with E-state index in [1.807, 2.05) is 0 Å². The van der Waals surface area contributed by atoms with Crippen LogP contribution < -0.4 is 0 Å². The zero-order valence-corrected chi connectivity index (χ0v) is 15.0. The van der Waals surface area contributed by atoms with Gasteiger partial charge in [-0.05, 0) is 24.6 Å². The van der Waals surface area contributed by atoms with Crippen molar-refractivity contribution in [3.63, 3.8) is 0 Å². The van der Waals surface area contributed by atoms with Gasteiger partial charge in [0.25, 0.3) is 0 Å². The molecule has 0 spiro atoms. The Labute approximate surface area is 158 Å². The van der Waals surface area contributed by atoms with Gasteiger partial charge in [0.1, 0.15) is 13.7 Å². The first kappa shape index (κ1) is 20.9. The lowest BCUT2D eigenvalue weighted by Gasteiger charge is -2.10. The molecule has 0 aliphatic rings. The molecule has 0 radical (unpaired) electrons. The number of oxime groups is 2. The molecular weight excluding hydrogens is 377 g/mol. The van der Waals surface area contributed by atoms with Crippen LogP contribution in [0, 0.1) is 0 Å². The van der Waals surface area contributed by atoms with Crippen molar-refractivity contribution in [3.05, 3.63) is 70.8 Å². The van der Waals surface area contributed by atoms with Gasteiger partial charge in [-0.2, -0.15) is 13.2 Å². The zero-order chi connectivity index (χ0) is 20.7. The predicted molar refractivity (Wildman–Crippen MR) is 96.1 cm³/mol. The predicted octanol–water partition coefficient (Wildman–Crippen LogP) is 4.08. The standard InChI is InChI=1S/C19H17F3N2O4/c1-12(13-7-5-8-15(10-13)19(20,21)22)23-28-11-14-6-3-4-9-16(14)17(18(25)26)24-27-2/h3-10H,11H2,1-2H3,(H,25,26)/b23-12+,24-17-. The molecule has 2 rings (SSSR count). The minimum Gasteiger partial charge on any atom is -0.476 e. The fourth-order valence-electron chi connectivity index (χ4n) is 2.34. The second kappa shape index (κ2) is 9.03. The Balaban J connectivity index is 2.19. The molecule has 0 saturated heterocycles. The number of hydrogen-bond acceptors (Lipinski definition) is 5. The van der Waals surface area contributed by atoms with E-state index in [9.17, 15) is 23.1 Å². The second-order valence-corrected chi connectivity index (χ2v) is 5.61. The molecule has 1 N–H and O–H groups in total. The number of carboxylic acid groups (broad SMARTS) is 1. The lowest BCUT2D eigenvalue weighted by Crippen LogP contribution is -2.17. The summed E-state index contributed by atoms with van der Waals surface area (Å²) in [5, 5.41) is 16.6. The van der Waals surface area contributed by atoms with Crippen molar-refractivity contribution in [2.45, 2.75) is 19.7 Å². The molecule has 0 saturated carbocycles. The maximum Gasteiger partial charge on any atom is 0.416 e. The van der Waals surface area contributed by atoms with Crippen LogP contribution >= 0.6 is 0 Å². The van der Waals surface area contributed by atoms with E-state index in [4.69, 9.17) is 4.84 Å². The Hall–Kier alpha value is -3.36. The average molecular weight is 394 g/mol. The third-order valence-corrected chi connectivity index (χ3v) is 3.69. The van der Waals surface area contributed by atoms with E-state index in [-0.39, 0.29) is 29.2 Å². The van der Waals surface area contributed by atoms with E-state index in [1.54, 1.807) is 18.2 Å². The first-order valence-corrected chi connectivity index (χ1v) is 8.01. The maximum absolute atomic E-state index is 12.8. The fourth-order valence-corrected chi connectivity index (χ4v) is 2.34. The van der Waals surface area contributed by atoms with E-state index < -0.39 is 17.7 Å². The molecule has 2 aromatic rings. The third kappa shape index (κ3) is 5.32. The van der Waals surface area contributed by atoms with Crippen molar-refractivity contribution < 1.29 is 32.7 Å². The van der Waals surface area contributed by atoms with Gasteiger partial charge >= 0.3 is 12.1 Å². The summed E-state index contributed by atoms with van der Waals surface area (Å²) in [6.07, 6.45) is -4.45. The van der Waals surface area contributed by atoms with Crippen LogP contribution in [0.15, 0.2) is 58.8 Å². The molecule has 0 atom stereocenters. The van der Waals surface area contributed by atoms with Gasteiger partial charge in [-0.1, -0.05) is 46.7 Å². The molecule has 148 valence electrons. The SMILES string of the molecule is CO/N=C(\C(=O)O)c1ccccc1CO/N=C(\C)c1cccc(C(F)(F)F)c1.